The van der Waals surface area contributed by atoms with Crippen molar-refractivity contribution in [2.75, 3.05) is 25.0 Å². The van der Waals surface area contributed by atoms with Crippen LogP contribution >= 0.6 is 0 Å². The number of likely N-dealkylation sites (N-methyl/N-ethyl adjacent to an activating group) is 1. The molecule has 0 fully saturated rings. The highest BCUT2D eigenvalue weighted by atomic mass is 19.1. The summed E-state index contributed by atoms with van der Waals surface area (Å²) in [5.41, 5.74) is 1.52. The number of carbonyl (C=O) groups excluding carboxylic acids is 1. The van der Waals surface area contributed by atoms with E-state index < -0.39 is 0 Å². The van der Waals surface area contributed by atoms with Gasteiger partial charge in [0.25, 0.3) is 0 Å². The van der Waals surface area contributed by atoms with E-state index in [9.17, 15) is 9.18 Å². The number of benzene rings is 2. The Labute approximate surface area is 148 Å². The first-order valence-electron chi connectivity index (χ1n) is 8.60. The van der Waals surface area contributed by atoms with Gasteiger partial charge in [-0.05, 0) is 42.8 Å². The van der Waals surface area contributed by atoms with Crippen LogP contribution < -0.4 is 10.1 Å². The van der Waals surface area contributed by atoms with Crippen molar-refractivity contribution in [1.82, 2.24) is 4.90 Å². The number of hydrogen-bond donors (Lipinski definition) is 1. The number of nitrogens with zero attached hydrogens (tertiary/aromatic N) is 1. The van der Waals surface area contributed by atoms with Gasteiger partial charge < -0.3 is 10.1 Å². The molecule has 4 nitrogen and oxygen atoms in total. The van der Waals surface area contributed by atoms with Crippen molar-refractivity contribution >= 4 is 11.6 Å². The normalized spacial score (nSPS) is 10.7. The maximum atomic E-state index is 13.3. The number of anilines is 1. The largest absolute Gasteiger partial charge is 0.491 e. The van der Waals surface area contributed by atoms with Crippen LogP contribution in [0, 0.1) is 5.82 Å². The molecule has 0 bridgehead atoms. The van der Waals surface area contributed by atoms with Crippen LogP contribution in [0.5, 0.6) is 5.75 Å². The van der Waals surface area contributed by atoms with Crippen molar-refractivity contribution in [2.24, 2.45) is 0 Å². The van der Waals surface area contributed by atoms with Crippen molar-refractivity contribution in [3.05, 3.63) is 59.9 Å². The Balaban J connectivity index is 1.96. The summed E-state index contributed by atoms with van der Waals surface area (Å²) in [5, 5.41) is 2.90. The number of para-hydroxylation sites is 2. The standard InChI is InChI=1S/C20H25FN2O2/c1-3-12-25-19-11-6-5-10-18(19)22-20(24)15-23(4-2)14-16-8-7-9-17(21)13-16/h5-11,13H,3-4,12,14-15H2,1-2H3,(H,22,24). The maximum absolute atomic E-state index is 13.3. The van der Waals surface area contributed by atoms with E-state index in [0.29, 0.717) is 31.1 Å². The van der Waals surface area contributed by atoms with Crippen molar-refractivity contribution in [2.45, 2.75) is 26.8 Å². The Kier molecular flexibility index (Phi) is 7.41. The average molecular weight is 344 g/mol. The Morgan fingerprint density at radius 3 is 2.68 bits per heavy atom. The Morgan fingerprint density at radius 1 is 1.16 bits per heavy atom. The molecule has 0 atom stereocenters. The lowest BCUT2D eigenvalue weighted by Gasteiger charge is -2.20. The van der Waals surface area contributed by atoms with Crippen LogP contribution in [0.15, 0.2) is 48.5 Å². The molecule has 0 aliphatic heterocycles. The Hall–Kier alpha value is -2.40. The summed E-state index contributed by atoms with van der Waals surface area (Å²) < 4.78 is 19.0. The molecule has 2 aromatic carbocycles. The number of amides is 1. The fraction of sp³-hybridized carbons (Fsp3) is 0.350. The van der Waals surface area contributed by atoms with Crippen LogP contribution in [0.25, 0.3) is 0 Å². The van der Waals surface area contributed by atoms with Crippen LogP contribution in [0.3, 0.4) is 0 Å². The molecule has 5 heteroatoms. The molecule has 0 radical (unpaired) electrons. The van der Waals surface area contributed by atoms with Crippen molar-refractivity contribution in [3.63, 3.8) is 0 Å². The quantitative estimate of drug-likeness (QED) is 0.745. The molecule has 25 heavy (non-hydrogen) atoms. The minimum atomic E-state index is -0.264. The fourth-order valence-electron chi connectivity index (χ4n) is 2.47. The molecular weight excluding hydrogens is 319 g/mol. The van der Waals surface area contributed by atoms with Crippen molar-refractivity contribution in [3.8, 4) is 5.75 Å². The van der Waals surface area contributed by atoms with Gasteiger partial charge in [0, 0.05) is 6.54 Å². The first kappa shape index (κ1) is 18.9. The minimum absolute atomic E-state index is 0.120. The fourth-order valence-corrected chi connectivity index (χ4v) is 2.47. The lowest BCUT2D eigenvalue weighted by atomic mass is 10.2. The Bertz CT molecular complexity index is 691. The lowest BCUT2D eigenvalue weighted by molar-refractivity contribution is -0.117. The number of hydrogen-bond acceptors (Lipinski definition) is 3. The molecule has 0 aliphatic rings. The molecule has 1 amide bonds. The third-order valence-electron chi connectivity index (χ3n) is 3.73. The molecule has 134 valence electrons. The number of rotatable bonds is 9. The predicted octanol–water partition coefficient (Wildman–Crippen LogP) is 4.08. The van der Waals surface area contributed by atoms with E-state index in [-0.39, 0.29) is 18.3 Å². The van der Waals surface area contributed by atoms with E-state index >= 15 is 0 Å². The molecule has 0 aromatic heterocycles. The molecule has 0 saturated carbocycles. The number of ether oxygens (including phenoxy) is 1. The smallest absolute Gasteiger partial charge is 0.238 e. The summed E-state index contributed by atoms with van der Waals surface area (Å²) in [6.07, 6.45) is 0.902. The molecule has 0 unspecified atom stereocenters. The maximum Gasteiger partial charge on any atom is 0.238 e. The molecule has 0 saturated heterocycles. The molecule has 0 heterocycles. The third kappa shape index (κ3) is 6.19. The van der Waals surface area contributed by atoms with Crippen LogP contribution in [-0.4, -0.2) is 30.5 Å². The zero-order chi connectivity index (χ0) is 18.1. The summed E-state index contributed by atoms with van der Waals surface area (Å²) in [4.78, 5) is 14.3. The first-order chi connectivity index (χ1) is 12.1. The summed E-state index contributed by atoms with van der Waals surface area (Å²) in [5.74, 6) is 0.289. The van der Waals surface area contributed by atoms with Crippen molar-refractivity contribution in [1.29, 1.82) is 0 Å². The predicted molar refractivity (Wildman–Crippen MR) is 98.2 cm³/mol. The second-order valence-electron chi connectivity index (χ2n) is 5.83. The molecule has 1 N–H and O–H groups in total. The van der Waals surface area contributed by atoms with Gasteiger partial charge in [0.2, 0.25) is 5.91 Å². The summed E-state index contributed by atoms with van der Waals surface area (Å²) in [7, 11) is 0. The van der Waals surface area contributed by atoms with E-state index in [0.717, 1.165) is 12.0 Å². The highest BCUT2D eigenvalue weighted by molar-refractivity contribution is 5.93. The summed E-state index contributed by atoms with van der Waals surface area (Å²) in [6.45, 7) is 6.06. The van der Waals surface area contributed by atoms with Crippen LogP contribution in [-0.2, 0) is 11.3 Å². The molecule has 2 rings (SSSR count). The SMILES string of the molecule is CCCOc1ccccc1NC(=O)CN(CC)Cc1cccc(F)c1. The molecular formula is C20H25FN2O2. The highest BCUT2D eigenvalue weighted by Gasteiger charge is 2.12. The molecule has 0 aliphatic carbocycles. The number of carbonyl (C=O) groups is 1. The van der Waals surface area contributed by atoms with Gasteiger partial charge in [0.15, 0.2) is 0 Å². The van der Waals surface area contributed by atoms with E-state index in [2.05, 4.69) is 5.32 Å². The van der Waals surface area contributed by atoms with Gasteiger partial charge in [0.05, 0.1) is 18.8 Å². The Morgan fingerprint density at radius 2 is 1.96 bits per heavy atom. The minimum Gasteiger partial charge on any atom is -0.491 e. The van der Waals surface area contributed by atoms with Crippen LogP contribution in [0.2, 0.25) is 0 Å². The van der Waals surface area contributed by atoms with Gasteiger partial charge in [-0.25, -0.2) is 4.39 Å². The van der Waals surface area contributed by atoms with E-state index in [4.69, 9.17) is 4.74 Å². The zero-order valence-corrected chi connectivity index (χ0v) is 14.8. The monoisotopic (exact) mass is 344 g/mol. The van der Waals surface area contributed by atoms with Crippen molar-refractivity contribution < 1.29 is 13.9 Å². The van der Waals surface area contributed by atoms with Gasteiger partial charge in [-0.3, -0.25) is 9.69 Å². The van der Waals surface area contributed by atoms with E-state index in [1.807, 2.05) is 49.1 Å². The number of halogens is 1. The highest BCUT2D eigenvalue weighted by Crippen LogP contribution is 2.23. The van der Waals surface area contributed by atoms with Gasteiger partial charge in [-0.15, -0.1) is 0 Å². The van der Waals surface area contributed by atoms with Crippen LogP contribution in [0.1, 0.15) is 25.8 Å². The summed E-state index contributed by atoms with van der Waals surface area (Å²) in [6, 6.07) is 13.9. The average Bonchev–Trinajstić information content (AvgIpc) is 2.60. The van der Waals surface area contributed by atoms with Gasteiger partial charge in [0.1, 0.15) is 11.6 Å². The molecule has 0 spiro atoms. The zero-order valence-electron chi connectivity index (χ0n) is 14.8. The third-order valence-corrected chi connectivity index (χ3v) is 3.73. The summed E-state index contributed by atoms with van der Waals surface area (Å²) >= 11 is 0. The second kappa shape index (κ2) is 9.79. The van der Waals surface area contributed by atoms with Gasteiger partial charge >= 0.3 is 0 Å². The topological polar surface area (TPSA) is 41.6 Å². The first-order valence-corrected chi connectivity index (χ1v) is 8.60. The second-order valence-corrected chi connectivity index (χ2v) is 5.83. The van der Waals surface area contributed by atoms with Crippen LogP contribution in [0.4, 0.5) is 10.1 Å². The van der Waals surface area contributed by atoms with Gasteiger partial charge in [-0.1, -0.05) is 38.1 Å². The van der Waals surface area contributed by atoms with E-state index in [1.165, 1.54) is 12.1 Å². The lowest BCUT2D eigenvalue weighted by Crippen LogP contribution is -2.32. The van der Waals surface area contributed by atoms with E-state index in [1.54, 1.807) is 6.07 Å². The number of nitrogens with one attached hydrogen (secondary N) is 1. The molecule has 2 aromatic rings. The van der Waals surface area contributed by atoms with Gasteiger partial charge in [-0.2, -0.15) is 0 Å².